The third kappa shape index (κ3) is 24.8. The zero-order chi connectivity index (χ0) is 66.4. The van der Waals surface area contributed by atoms with Gasteiger partial charge in [-0.3, -0.25) is 31.2 Å². The Morgan fingerprint density at radius 2 is 1.20 bits per heavy atom. The molecule has 6 rings (SSSR count). The van der Waals surface area contributed by atoms with E-state index >= 15 is 0 Å². The Kier molecular flexibility index (Phi) is 29.6. The van der Waals surface area contributed by atoms with Gasteiger partial charge >= 0.3 is 35.6 Å². The number of aromatic hydroxyl groups is 1. The summed E-state index contributed by atoms with van der Waals surface area (Å²) in [6, 6.07) is 33.2. The molecule has 1 N–H and O–H groups in total. The van der Waals surface area contributed by atoms with Crippen molar-refractivity contribution in [1.29, 1.82) is 0 Å². The number of sulfone groups is 2. The minimum absolute atomic E-state index is 0.0443. The first-order valence-corrected chi connectivity index (χ1v) is 32.3. The van der Waals surface area contributed by atoms with Gasteiger partial charge in [-0.15, -0.1) is 0 Å². The molecule has 484 valence electrons. The van der Waals surface area contributed by atoms with Crippen LogP contribution < -0.4 is 9.47 Å². The van der Waals surface area contributed by atoms with E-state index in [-0.39, 0.29) is 47.4 Å². The number of hydrogen-bond donors (Lipinski definition) is 1. The molecule has 0 radical (unpaired) electrons. The van der Waals surface area contributed by atoms with Crippen LogP contribution in [0.2, 0.25) is 0 Å². The Hall–Kier alpha value is -6.60. The van der Waals surface area contributed by atoms with Crippen molar-refractivity contribution in [3.8, 4) is 17.2 Å². The number of imidazole rings is 1. The van der Waals surface area contributed by atoms with E-state index in [1.54, 1.807) is 39.8 Å². The summed E-state index contributed by atoms with van der Waals surface area (Å²) in [7, 11) is -11.8. The molecule has 2 unspecified atom stereocenters. The maximum atomic E-state index is 12.0. The van der Waals surface area contributed by atoms with Gasteiger partial charge in [0.1, 0.15) is 40.3 Å². The van der Waals surface area contributed by atoms with Crippen LogP contribution in [0.4, 0.5) is 26.3 Å². The molecular formula is C62H82F6N2O14S3. The third-order valence-electron chi connectivity index (χ3n) is 13.7. The molecule has 0 bridgehead atoms. The smallest absolute Gasteiger partial charge is 0.469 e. The van der Waals surface area contributed by atoms with Crippen LogP contribution in [-0.2, 0) is 64.0 Å². The summed E-state index contributed by atoms with van der Waals surface area (Å²) >= 11 is 0. The number of phenols is 1. The summed E-state index contributed by atoms with van der Waals surface area (Å²) in [5.41, 5.74) is -6.14. The van der Waals surface area contributed by atoms with Crippen LogP contribution >= 0.6 is 0 Å². The van der Waals surface area contributed by atoms with Gasteiger partial charge in [-0.2, -0.15) is 26.3 Å². The molecule has 1 aliphatic heterocycles. The zero-order valence-corrected chi connectivity index (χ0v) is 54.1. The molecule has 87 heavy (non-hydrogen) atoms. The van der Waals surface area contributed by atoms with Crippen LogP contribution in [0, 0.1) is 34.7 Å². The van der Waals surface area contributed by atoms with E-state index in [1.165, 1.54) is 14.7 Å². The van der Waals surface area contributed by atoms with Crippen molar-refractivity contribution in [1.82, 2.24) is 9.55 Å². The van der Waals surface area contributed by atoms with E-state index in [2.05, 4.69) is 84.1 Å². The van der Waals surface area contributed by atoms with Gasteiger partial charge in [-0.25, -0.2) is 9.78 Å². The van der Waals surface area contributed by atoms with Crippen LogP contribution in [0.5, 0.6) is 17.2 Å². The van der Waals surface area contributed by atoms with Crippen LogP contribution in [0.25, 0.3) is 0 Å². The number of aryl methyl sites for hydroxylation is 2. The summed E-state index contributed by atoms with van der Waals surface area (Å²) in [5.74, 6) is 0.329. The average molecular weight is 1290 g/mol. The van der Waals surface area contributed by atoms with Gasteiger partial charge in [0.05, 0.1) is 40.1 Å². The van der Waals surface area contributed by atoms with Crippen LogP contribution in [0.1, 0.15) is 132 Å². The van der Waals surface area contributed by atoms with Gasteiger partial charge in [-0.1, -0.05) is 75.1 Å². The topological polar surface area (TPSA) is 221 Å². The number of alkyl halides is 6. The number of cyclic esters (lactones) is 1. The molecule has 0 amide bonds. The molecule has 25 heteroatoms. The van der Waals surface area contributed by atoms with E-state index in [0.29, 0.717) is 49.0 Å². The van der Waals surface area contributed by atoms with Gasteiger partial charge in [0.25, 0.3) is 0 Å². The van der Waals surface area contributed by atoms with E-state index in [1.807, 2.05) is 91.5 Å². The van der Waals surface area contributed by atoms with Crippen molar-refractivity contribution >= 4 is 54.4 Å². The van der Waals surface area contributed by atoms with Crippen molar-refractivity contribution in [2.75, 3.05) is 26.1 Å². The summed E-state index contributed by atoms with van der Waals surface area (Å²) < 4.78 is 140. The molecule has 4 aromatic carbocycles. The predicted molar refractivity (Wildman–Crippen MR) is 320 cm³/mol. The number of benzene rings is 4. The SMILES string of the molecule is CCC(C)(C)C(=O)OC1CCOC1=O.CCC(C)(C)C(=O)OCCOc1ccc([S+](c2ccccc2)c2ccccc2)cc1.CCC(C)(C)C(=O)Oc1cc(C)c(O)c(C)c1.CCC(C)n1ccnc1.CS(=O)(=O)[C-](CC(F)(F)F)S(=O)(=O)C(F)(F)F. The van der Waals surface area contributed by atoms with Crippen molar-refractivity contribution in [2.24, 2.45) is 16.2 Å². The average Bonchev–Trinajstić information content (AvgIpc) is 1.74. The summed E-state index contributed by atoms with van der Waals surface area (Å²) in [6.45, 7) is 25.8. The fourth-order valence-electron chi connectivity index (χ4n) is 6.67. The summed E-state index contributed by atoms with van der Waals surface area (Å²) in [4.78, 5) is 54.2. The Morgan fingerprint density at radius 1 is 0.724 bits per heavy atom. The zero-order valence-electron chi connectivity index (χ0n) is 51.6. The number of phenolic OH excluding ortho intramolecular Hbond substituents is 1. The number of hydrogen-bond acceptors (Lipinski definition) is 15. The van der Waals surface area contributed by atoms with Crippen molar-refractivity contribution < 1.29 is 91.1 Å². The maximum absolute atomic E-state index is 12.0. The van der Waals surface area contributed by atoms with Crippen molar-refractivity contribution in [3.63, 3.8) is 0 Å². The van der Waals surface area contributed by atoms with Gasteiger partial charge in [0.15, 0.2) is 14.7 Å². The molecule has 1 aromatic heterocycles. The van der Waals surface area contributed by atoms with Gasteiger partial charge in [0.2, 0.25) is 6.10 Å². The Labute approximate surface area is 510 Å². The highest BCUT2D eigenvalue weighted by atomic mass is 32.3. The second-order valence-electron chi connectivity index (χ2n) is 21.9. The molecule has 0 aliphatic carbocycles. The van der Waals surface area contributed by atoms with E-state index < -0.39 is 70.7 Å². The Bertz CT molecular complexity index is 3120. The lowest BCUT2D eigenvalue weighted by Gasteiger charge is -2.29. The molecule has 1 aliphatic rings. The molecule has 0 saturated carbocycles. The normalized spacial score (nSPS) is 14.0. The number of carbonyl (C=O) groups is 4. The molecular weight excluding hydrogens is 1210 g/mol. The number of rotatable bonds is 20. The number of carbonyl (C=O) groups excluding carboxylic acids is 4. The van der Waals surface area contributed by atoms with Gasteiger partial charge in [-0.05, 0) is 160 Å². The van der Waals surface area contributed by atoms with E-state index in [4.69, 9.17) is 23.7 Å². The first-order chi connectivity index (χ1) is 40.2. The fourth-order valence-corrected chi connectivity index (χ4v) is 11.7. The molecule has 0 spiro atoms. The highest BCUT2D eigenvalue weighted by Crippen LogP contribution is 2.40. The number of halogens is 6. The number of esters is 4. The minimum atomic E-state index is -6.52. The number of ether oxygens (including phenoxy) is 5. The van der Waals surface area contributed by atoms with Crippen LogP contribution in [0.15, 0.2) is 130 Å². The largest absolute Gasteiger partial charge is 0.507 e. The Balaban J connectivity index is 0.000000393. The lowest BCUT2D eigenvalue weighted by Crippen LogP contribution is -2.35. The number of aromatic nitrogens is 2. The van der Waals surface area contributed by atoms with Crippen molar-refractivity contribution in [2.45, 2.75) is 167 Å². The van der Waals surface area contributed by atoms with E-state index in [0.717, 1.165) is 25.0 Å². The molecule has 1 saturated heterocycles. The third-order valence-corrected chi connectivity index (χ3v) is 19.8. The highest BCUT2D eigenvalue weighted by Gasteiger charge is 2.48. The van der Waals surface area contributed by atoms with Gasteiger partial charge in [0, 0.05) is 40.9 Å². The summed E-state index contributed by atoms with van der Waals surface area (Å²) in [5, 5.41) is 9.63. The highest BCUT2D eigenvalue weighted by molar-refractivity contribution is 8.12. The second-order valence-corrected chi connectivity index (χ2v) is 28.2. The summed E-state index contributed by atoms with van der Waals surface area (Å²) in [6.07, 6.45) is 0.652. The fraction of sp³-hybridized carbons (Fsp3) is 0.484. The van der Waals surface area contributed by atoms with E-state index in [9.17, 15) is 67.5 Å². The van der Waals surface area contributed by atoms with Gasteiger partial charge < -0.3 is 33.4 Å². The van der Waals surface area contributed by atoms with Crippen molar-refractivity contribution in [3.05, 3.63) is 131 Å². The monoisotopic (exact) mass is 1290 g/mol. The first kappa shape index (κ1) is 76.5. The molecule has 2 heterocycles. The molecule has 2 atom stereocenters. The lowest BCUT2D eigenvalue weighted by molar-refractivity contribution is -0.167. The second kappa shape index (κ2) is 33.7. The van der Waals surface area contributed by atoms with Crippen LogP contribution in [-0.4, -0.2) is 99.2 Å². The number of nitrogens with zero attached hydrogens (tertiary/aromatic N) is 2. The predicted octanol–water partition coefficient (Wildman–Crippen LogP) is 14.0. The first-order valence-electron chi connectivity index (χ1n) is 27.8. The standard InChI is InChI=1S/C26H29O3S.C14H20O3.C10H16O4.C7H12N2.C5H5F6O4S2/c1-4-26(2,3)25(27)29-20-19-28-21-15-17-24(18-16-21)30(22-11-7-5-8-12-22)23-13-9-6-10-14-23;1-6-14(4,5)13(16)17-11-7-9(2)12(15)10(3)8-11;1-4-10(2,3)9(12)14-7-5-6-13-8(7)11;1-3-7(2)9-5-4-8-6-9;1-16(12,13)3(2-4(6,7)8)17(14,15)5(9,10)11/h5-18H,4,19-20H2,1-3H3;7-8,15H,6H2,1-5H3;7H,4-6H2,1-3H3;4-7H,3H2,1-2H3;2H2,1H3/q+1;;;;-1. The quantitative estimate of drug-likeness (QED) is 0.0146. The minimum Gasteiger partial charge on any atom is -0.507 e. The maximum Gasteiger partial charge on any atom is 0.469 e. The molecule has 5 aromatic rings. The van der Waals surface area contributed by atoms with Crippen LogP contribution in [0.3, 0.4) is 0 Å². The molecule has 16 nitrogen and oxygen atoms in total. The lowest BCUT2D eigenvalue weighted by atomic mass is 9.90. The molecule has 1 fully saturated rings. The Morgan fingerprint density at radius 3 is 1.60 bits per heavy atom.